The summed E-state index contributed by atoms with van der Waals surface area (Å²) >= 11 is 0. The Labute approximate surface area is 121 Å². The topological polar surface area (TPSA) is 23.6 Å². The molecule has 0 radical (unpaired) electrons. The van der Waals surface area contributed by atoms with Gasteiger partial charge in [-0.15, -0.1) is 0 Å². The van der Waals surface area contributed by atoms with Gasteiger partial charge in [-0.25, -0.2) is 0 Å². The van der Waals surface area contributed by atoms with Gasteiger partial charge in [0.15, 0.2) is 0 Å². The average Bonchev–Trinajstić information content (AvgIpc) is 2.46. The van der Waals surface area contributed by atoms with Crippen LogP contribution in [0.15, 0.2) is 30.3 Å². The zero-order chi connectivity index (χ0) is 14.5. The second-order valence-corrected chi connectivity index (χ2v) is 5.73. The molecule has 3 nitrogen and oxygen atoms in total. The van der Waals surface area contributed by atoms with Crippen molar-refractivity contribution in [3.63, 3.8) is 0 Å². The van der Waals surface area contributed by atoms with Crippen LogP contribution in [-0.2, 0) is 4.79 Å². The maximum absolute atomic E-state index is 12.2. The van der Waals surface area contributed by atoms with Crippen molar-refractivity contribution in [2.24, 2.45) is 0 Å². The van der Waals surface area contributed by atoms with Crippen LogP contribution in [0.2, 0.25) is 0 Å². The third-order valence-corrected chi connectivity index (χ3v) is 4.08. The summed E-state index contributed by atoms with van der Waals surface area (Å²) in [4.78, 5) is 16.4. The van der Waals surface area contributed by atoms with Crippen LogP contribution in [-0.4, -0.2) is 48.9 Å². The molecule has 1 aliphatic heterocycles. The maximum atomic E-state index is 12.2. The fraction of sp³-hybridized carbons (Fsp3) is 0.471. The van der Waals surface area contributed by atoms with Gasteiger partial charge in [-0.05, 0) is 51.5 Å². The largest absolute Gasteiger partial charge is 0.339 e. The van der Waals surface area contributed by atoms with Gasteiger partial charge in [-0.2, -0.15) is 0 Å². The van der Waals surface area contributed by atoms with Crippen molar-refractivity contribution in [1.82, 2.24) is 9.80 Å². The molecule has 2 rings (SSSR count). The summed E-state index contributed by atoms with van der Waals surface area (Å²) in [6.07, 6.45) is 5.71. The molecule has 1 fully saturated rings. The van der Waals surface area contributed by atoms with E-state index >= 15 is 0 Å². The van der Waals surface area contributed by atoms with E-state index in [2.05, 4.69) is 31.0 Å². The molecule has 1 heterocycles. The molecule has 1 saturated heterocycles. The van der Waals surface area contributed by atoms with E-state index in [1.54, 1.807) is 6.08 Å². The van der Waals surface area contributed by atoms with Gasteiger partial charge >= 0.3 is 0 Å². The molecular weight excluding hydrogens is 248 g/mol. The minimum atomic E-state index is 0.0973. The molecule has 20 heavy (non-hydrogen) atoms. The molecule has 1 amide bonds. The number of aryl methyl sites for hydroxylation is 1. The normalized spacial score (nSPS) is 17.6. The number of amides is 1. The molecule has 0 N–H and O–H groups in total. The third kappa shape index (κ3) is 3.94. The summed E-state index contributed by atoms with van der Waals surface area (Å²) in [5.41, 5.74) is 2.30. The molecule has 0 aliphatic carbocycles. The summed E-state index contributed by atoms with van der Waals surface area (Å²) in [6.45, 7) is 4.21. The van der Waals surface area contributed by atoms with E-state index in [4.69, 9.17) is 0 Å². The number of carbonyl (C=O) groups excluding carboxylic acids is 1. The Morgan fingerprint density at radius 1 is 1.25 bits per heavy atom. The average molecular weight is 272 g/mol. The lowest BCUT2D eigenvalue weighted by atomic mass is 10.0. The molecule has 1 aromatic rings. The molecule has 0 atom stereocenters. The lowest BCUT2D eigenvalue weighted by Gasteiger charge is -2.34. The van der Waals surface area contributed by atoms with E-state index in [9.17, 15) is 4.79 Å². The Morgan fingerprint density at radius 3 is 2.45 bits per heavy atom. The lowest BCUT2D eigenvalue weighted by Crippen LogP contribution is -2.43. The van der Waals surface area contributed by atoms with Crippen molar-refractivity contribution in [3.05, 3.63) is 41.5 Å². The van der Waals surface area contributed by atoms with Gasteiger partial charge in [-0.1, -0.05) is 29.8 Å². The minimum absolute atomic E-state index is 0.0973. The van der Waals surface area contributed by atoms with Crippen LogP contribution in [0.1, 0.15) is 24.0 Å². The number of likely N-dealkylation sites (tertiary alicyclic amines) is 1. The summed E-state index contributed by atoms with van der Waals surface area (Å²) in [7, 11) is 4.05. The first kappa shape index (κ1) is 14.8. The molecule has 0 aromatic heterocycles. The van der Waals surface area contributed by atoms with Gasteiger partial charge in [0.05, 0.1) is 0 Å². The standard InChI is InChI=1S/C17H24N2O/c1-14-4-6-15(7-5-14)8-9-17(20)19(3)16-10-12-18(2)13-11-16/h4-9,16H,10-13H2,1-3H3/b9-8+. The van der Waals surface area contributed by atoms with Crippen molar-refractivity contribution in [2.45, 2.75) is 25.8 Å². The number of hydrogen-bond acceptors (Lipinski definition) is 2. The van der Waals surface area contributed by atoms with Crippen LogP contribution >= 0.6 is 0 Å². The van der Waals surface area contributed by atoms with E-state index < -0.39 is 0 Å². The Kier molecular flexibility index (Phi) is 4.96. The first-order valence-electron chi connectivity index (χ1n) is 7.26. The second kappa shape index (κ2) is 6.71. The van der Waals surface area contributed by atoms with Crippen LogP contribution in [0.25, 0.3) is 6.08 Å². The number of likely N-dealkylation sites (N-methyl/N-ethyl adjacent to an activating group) is 1. The van der Waals surface area contributed by atoms with Crippen LogP contribution in [0.3, 0.4) is 0 Å². The summed E-state index contributed by atoms with van der Waals surface area (Å²) in [5.74, 6) is 0.0973. The molecule has 108 valence electrons. The van der Waals surface area contributed by atoms with Gasteiger partial charge in [-0.3, -0.25) is 4.79 Å². The Morgan fingerprint density at radius 2 is 1.85 bits per heavy atom. The minimum Gasteiger partial charge on any atom is -0.339 e. The van der Waals surface area contributed by atoms with Gasteiger partial charge in [0, 0.05) is 19.2 Å². The number of carbonyl (C=O) groups is 1. The van der Waals surface area contributed by atoms with Crippen molar-refractivity contribution < 1.29 is 4.79 Å². The number of rotatable bonds is 3. The number of nitrogens with zero attached hydrogens (tertiary/aromatic N) is 2. The van der Waals surface area contributed by atoms with Crippen molar-refractivity contribution in [3.8, 4) is 0 Å². The van der Waals surface area contributed by atoms with Gasteiger partial charge < -0.3 is 9.80 Å². The van der Waals surface area contributed by atoms with Crippen LogP contribution < -0.4 is 0 Å². The summed E-state index contributed by atoms with van der Waals surface area (Å²) in [6, 6.07) is 8.57. The Bertz CT molecular complexity index is 470. The number of hydrogen-bond donors (Lipinski definition) is 0. The predicted octanol–water partition coefficient (Wildman–Crippen LogP) is 2.56. The smallest absolute Gasteiger partial charge is 0.246 e. The molecule has 0 unspecified atom stereocenters. The fourth-order valence-electron chi connectivity index (χ4n) is 2.52. The molecular formula is C17H24N2O. The fourth-order valence-corrected chi connectivity index (χ4v) is 2.52. The van der Waals surface area contributed by atoms with Crippen molar-refractivity contribution >= 4 is 12.0 Å². The molecule has 0 bridgehead atoms. The highest BCUT2D eigenvalue weighted by Crippen LogP contribution is 2.15. The maximum Gasteiger partial charge on any atom is 0.246 e. The number of piperidine rings is 1. The monoisotopic (exact) mass is 272 g/mol. The first-order chi connectivity index (χ1) is 9.56. The predicted molar refractivity (Wildman–Crippen MR) is 83.5 cm³/mol. The molecule has 0 saturated carbocycles. The molecule has 1 aromatic carbocycles. The summed E-state index contributed by atoms with van der Waals surface area (Å²) < 4.78 is 0. The van der Waals surface area contributed by atoms with Crippen LogP contribution in [0.5, 0.6) is 0 Å². The summed E-state index contributed by atoms with van der Waals surface area (Å²) in [5, 5.41) is 0. The van der Waals surface area contributed by atoms with E-state index in [1.807, 2.05) is 30.2 Å². The third-order valence-electron chi connectivity index (χ3n) is 4.08. The quantitative estimate of drug-likeness (QED) is 0.790. The van der Waals surface area contributed by atoms with Gasteiger partial charge in [0.25, 0.3) is 0 Å². The van der Waals surface area contributed by atoms with E-state index in [0.717, 1.165) is 31.5 Å². The number of benzene rings is 1. The second-order valence-electron chi connectivity index (χ2n) is 5.73. The first-order valence-corrected chi connectivity index (χ1v) is 7.26. The highest BCUT2D eigenvalue weighted by molar-refractivity contribution is 5.91. The molecule has 1 aliphatic rings. The van der Waals surface area contributed by atoms with Crippen molar-refractivity contribution in [2.75, 3.05) is 27.2 Å². The molecule has 3 heteroatoms. The van der Waals surface area contributed by atoms with Gasteiger partial charge in [0.1, 0.15) is 0 Å². The van der Waals surface area contributed by atoms with E-state index in [-0.39, 0.29) is 5.91 Å². The zero-order valence-corrected chi connectivity index (χ0v) is 12.7. The van der Waals surface area contributed by atoms with E-state index in [0.29, 0.717) is 6.04 Å². The van der Waals surface area contributed by atoms with Crippen LogP contribution in [0, 0.1) is 6.92 Å². The Balaban J connectivity index is 1.92. The van der Waals surface area contributed by atoms with Gasteiger partial charge in [0.2, 0.25) is 5.91 Å². The zero-order valence-electron chi connectivity index (χ0n) is 12.7. The lowest BCUT2D eigenvalue weighted by molar-refractivity contribution is -0.127. The highest BCUT2D eigenvalue weighted by atomic mass is 16.2. The van der Waals surface area contributed by atoms with Crippen molar-refractivity contribution in [1.29, 1.82) is 0 Å². The SMILES string of the molecule is Cc1ccc(/C=C/C(=O)N(C)C2CCN(C)CC2)cc1. The molecule has 0 spiro atoms. The van der Waals surface area contributed by atoms with Crippen LogP contribution in [0.4, 0.5) is 0 Å². The van der Waals surface area contributed by atoms with E-state index in [1.165, 1.54) is 5.56 Å². The Hall–Kier alpha value is -1.61. The highest BCUT2D eigenvalue weighted by Gasteiger charge is 2.22.